The number of likely N-dealkylation sites (tertiary alicyclic amines) is 1. The van der Waals surface area contributed by atoms with Crippen molar-refractivity contribution >= 4 is 32.6 Å². The average Bonchev–Trinajstić information content (AvgIpc) is 2.53. The van der Waals surface area contributed by atoms with Gasteiger partial charge in [-0.2, -0.15) is 0 Å². The molecule has 1 aliphatic rings. The van der Waals surface area contributed by atoms with Crippen molar-refractivity contribution in [1.82, 2.24) is 4.90 Å². The van der Waals surface area contributed by atoms with E-state index in [4.69, 9.17) is 0 Å². The molecule has 1 amide bonds. The van der Waals surface area contributed by atoms with Crippen molar-refractivity contribution in [2.75, 3.05) is 18.4 Å². The van der Waals surface area contributed by atoms with Gasteiger partial charge in [-0.25, -0.2) is 0 Å². The zero-order chi connectivity index (χ0) is 13.9. The van der Waals surface area contributed by atoms with Crippen LogP contribution in [0.15, 0.2) is 42.5 Å². The summed E-state index contributed by atoms with van der Waals surface area (Å²) in [5, 5.41) is 3.29. The molecule has 0 N–H and O–H groups in total. The Balaban J connectivity index is 1.84. The lowest BCUT2D eigenvalue weighted by atomic mass is 9.99. The van der Waals surface area contributed by atoms with Crippen LogP contribution in [0.5, 0.6) is 0 Å². The van der Waals surface area contributed by atoms with E-state index in [1.807, 2.05) is 35.2 Å². The standard InChI is InChI=1S/C17H18BrNO/c18-11-13-4-3-9-19(12-13)17(20)16-8-7-14-5-1-2-6-15(14)10-16/h1-2,5-8,10,13H,3-4,9,11-12H2. The van der Waals surface area contributed by atoms with E-state index in [0.29, 0.717) is 5.92 Å². The summed E-state index contributed by atoms with van der Waals surface area (Å²) in [6.45, 7) is 1.76. The maximum atomic E-state index is 12.6. The van der Waals surface area contributed by atoms with Gasteiger partial charge in [0.25, 0.3) is 5.91 Å². The van der Waals surface area contributed by atoms with E-state index in [9.17, 15) is 4.79 Å². The summed E-state index contributed by atoms with van der Waals surface area (Å²) in [7, 11) is 0. The number of rotatable bonds is 2. The van der Waals surface area contributed by atoms with Crippen LogP contribution in [-0.4, -0.2) is 29.2 Å². The third kappa shape index (κ3) is 2.73. The minimum absolute atomic E-state index is 0.168. The quantitative estimate of drug-likeness (QED) is 0.759. The molecule has 2 aromatic rings. The van der Waals surface area contributed by atoms with Gasteiger partial charge in [0.2, 0.25) is 0 Å². The number of nitrogens with zero attached hydrogens (tertiary/aromatic N) is 1. The predicted molar refractivity (Wildman–Crippen MR) is 86.4 cm³/mol. The van der Waals surface area contributed by atoms with Crippen LogP contribution in [-0.2, 0) is 0 Å². The molecular formula is C17H18BrNO. The van der Waals surface area contributed by atoms with E-state index in [0.717, 1.165) is 35.8 Å². The SMILES string of the molecule is O=C(c1ccc2ccccc2c1)N1CCCC(CBr)C1. The minimum atomic E-state index is 0.168. The molecule has 2 aromatic carbocycles. The Hall–Kier alpha value is -1.35. The van der Waals surface area contributed by atoms with Crippen molar-refractivity contribution in [3.8, 4) is 0 Å². The first-order valence-electron chi connectivity index (χ1n) is 7.12. The summed E-state index contributed by atoms with van der Waals surface area (Å²) in [5.74, 6) is 0.759. The normalized spacial score (nSPS) is 19.2. The first-order chi connectivity index (χ1) is 9.78. The van der Waals surface area contributed by atoms with Crippen LogP contribution in [0.4, 0.5) is 0 Å². The van der Waals surface area contributed by atoms with E-state index in [1.54, 1.807) is 0 Å². The monoisotopic (exact) mass is 331 g/mol. The van der Waals surface area contributed by atoms with E-state index < -0.39 is 0 Å². The summed E-state index contributed by atoms with van der Waals surface area (Å²) in [6.07, 6.45) is 2.32. The van der Waals surface area contributed by atoms with Crippen LogP contribution >= 0.6 is 15.9 Å². The molecule has 0 aromatic heterocycles. The van der Waals surface area contributed by atoms with Crippen molar-refractivity contribution in [2.45, 2.75) is 12.8 Å². The highest BCUT2D eigenvalue weighted by Crippen LogP contribution is 2.22. The molecule has 1 atom stereocenters. The van der Waals surface area contributed by atoms with Crippen molar-refractivity contribution in [3.63, 3.8) is 0 Å². The molecule has 2 nitrogen and oxygen atoms in total. The van der Waals surface area contributed by atoms with E-state index >= 15 is 0 Å². The van der Waals surface area contributed by atoms with Gasteiger partial charge in [0.05, 0.1) is 0 Å². The Labute approximate surface area is 127 Å². The zero-order valence-corrected chi connectivity index (χ0v) is 13.0. The van der Waals surface area contributed by atoms with E-state index in [1.165, 1.54) is 11.8 Å². The maximum absolute atomic E-state index is 12.6. The number of piperidine rings is 1. The number of hydrogen-bond donors (Lipinski definition) is 0. The summed E-state index contributed by atoms with van der Waals surface area (Å²) in [4.78, 5) is 14.6. The molecule has 3 rings (SSSR count). The van der Waals surface area contributed by atoms with Crippen LogP contribution in [0.1, 0.15) is 23.2 Å². The first-order valence-corrected chi connectivity index (χ1v) is 8.24. The summed E-state index contributed by atoms with van der Waals surface area (Å²) in [5.41, 5.74) is 0.805. The second-order valence-electron chi connectivity index (χ2n) is 5.48. The number of carbonyl (C=O) groups is 1. The van der Waals surface area contributed by atoms with Crippen molar-refractivity contribution in [1.29, 1.82) is 0 Å². The number of alkyl halides is 1. The molecule has 1 aliphatic heterocycles. The number of carbonyl (C=O) groups excluding carboxylic acids is 1. The molecule has 104 valence electrons. The second-order valence-corrected chi connectivity index (χ2v) is 6.12. The maximum Gasteiger partial charge on any atom is 0.253 e. The van der Waals surface area contributed by atoms with Gasteiger partial charge in [-0.1, -0.05) is 46.3 Å². The second kappa shape index (κ2) is 5.96. The Bertz CT molecular complexity index is 625. The van der Waals surface area contributed by atoms with Crippen LogP contribution in [0.3, 0.4) is 0 Å². The van der Waals surface area contributed by atoms with E-state index in [2.05, 4.69) is 28.1 Å². The molecule has 3 heteroatoms. The van der Waals surface area contributed by atoms with Gasteiger partial charge in [0.15, 0.2) is 0 Å². The highest BCUT2D eigenvalue weighted by atomic mass is 79.9. The molecule has 1 unspecified atom stereocenters. The highest BCUT2D eigenvalue weighted by molar-refractivity contribution is 9.09. The summed E-state index contributed by atoms with van der Waals surface area (Å²) >= 11 is 3.54. The lowest BCUT2D eigenvalue weighted by molar-refractivity contribution is 0.0686. The molecule has 20 heavy (non-hydrogen) atoms. The largest absolute Gasteiger partial charge is 0.338 e. The first kappa shape index (κ1) is 13.6. The van der Waals surface area contributed by atoms with E-state index in [-0.39, 0.29) is 5.91 Å². The molecule has 1 saturated heterocycles. The molecule has 0 radical (unpaired) electrons. The average molecular weight is 332 g/mol. The van der Waals surface area contributed by atoms with Gasteiger partial charge in [0, 0.05) is 24.0 Å². The fourth-order valence-electron chi connectivity index (χ4n) is 2.88. The van der Waals surface area contributed by atoms with Gasteiger partial charge >= 0.3 is 0 Å². The lowest BCUT2D eigenvalue weighted by Gasteiger charge is -2.32. The molecule has 0 spiro atoms. The Kier molecular flexibility index (Phi) is 4.06. The number of hydrogen-bond acceptors (Lipinski definition) is 1. The van der Waals surface area contributed by atoms with Gasteiger partial charge in [0.1, 0.15) is 0 Å². The van der Waals surface area contributed by atoms with Gasteiger partial charge < -0.3 is 4.90 Å². The smallest absolute Gasteiger partial charge is 0.253 e. The van der Waals surface area contributed by atoms with Gasteiger partial charge in [-0.3, -0.25) is 4.79 Å². The van der Waals surface area contributed by atoms with Crippen molar-refractivity contribution < 1.29 is 4.79 Å². The Morgan fingerprint density at radius 1 is 1.20 bits per heavy atom. The predicted octanol–water partition coefficient (Wildman–Crippen LogP) is 4.09. The number of amides is 1. The van der Waals surface area contributed by atoms with Crippen molar-refractivity contribution in [2.24, 2.45) is 5.92 Å². The topological polar surface area (TPSA) is 20.3 Å². The van der Waals surface area contributed by atoms with Crippen LogP contribution < -0.4 is 0 Å². The lowest BCUT2D eigenvalue weighted by Crippen LogP contribution is -2.40. The van der Waals surface area contributed by atoms with Crippen LogP contribution in [0.25, 0.3) is 10.8 Å². The van der Waals surface area contributed by atoms with Gasteiger partial charge in [-0.05, 0) is 41.7 Å². The molecule has 0 saturated carbocycles. The Morgan fingerprint density at radius 3 is 2.80 bits per heavy atom. The molecule has 0 aliphatic carbocycles. The number of fused-ring (bicyclic) bond motifs is 1. The molecular weight excluding hydrogens is 314 g/mol. The highest BCUT2D eigenvalue weighted by Gasteiger charge is 2.23. The fraction of sp³-hybridized carbons (Fsp3) is 0.353. The fourth-order valence-corrected chi connectivity index (χ4v) is 3.41. The molecule has 1 fully saturated rings. The summed E-state index contributed by atoms with van der Waals surface area (Å²) < 4.78 is 0. The zero-order valence-electron chi connectivity index (χ0n) is 11.4. The molecule has 0 bridgehead atoms. The van der Waals surface area contributed by atoms with Crippen LogP contribution in [0.2, 0.25) is 0 Å². The number of halogens is 1. The van der Waals surface area contributed by atoms with Crippen LogP contribution in [0, 0.1) is 5.92 Å². The third-order valence-corrected chi connectivity index (χ3v) is 4.94. The molecule has 1 heterocycles. The minimum Gasteiger partial charge on any atom is -0.338 e. The number of benzene rings is 2. The van der Waals surface area contributed by atoms with Crippen molar-refractivity contribution in [3.05, 3.63) is 48.0 Å². The third-order valence-electron chi connectivity index (χ3n) is 4.02. The summed E-state index contributed by atoms with van der Waals surface area (Å²) in [6, 6.07) is 14.2. The Morgan fingerprint density at radius 2 is 2.00 bits per heavy atom. The van der Waals surface area contributed by atoms with Gasteiger partial charge in [-0.15, -0.1) is 0 Å².